The minimum atomic E-state index is -0.218. The summed E-state index contributed by atoms with van der Waals surface area (Å²) in [5, 5.41) is 5.05. The first-order valence-electron chi connectivity index (χ1n) is 11.6. The molecule has 0 radical (unpaired) electrons. The number of aromatic nitrogens is 3. The quantitative estimate of drug-likeness (QED) is 0.497. The Morgan fingerprint density at radius 2 is 1.91 bits per heavy atom. The van der Waals surface area contributed by atoms with Crippen molar-refractivity contribution in [1.82, 2.24) is 24.8 Å². The normalized spacial score (nSPS) is 15.9. The van der Waals surface area contributed by atoms with E-state index in [-0.39, 0.29) is 17.7 Å². The third kappa shape index (κ3) is 4.41. The largest absolute Gasteiger partial charge is 0.352 e. The number of likely N-dealkylation sites (tertiary alicyclic amines) is 1. The van der Waals surface area contributed by atoms with Crippen LogP contribution in [0.4, 0.5) is 0 Å². The molecule has 0 bridgehead atoms. The van der Waals surface area contributed by atoms with Gasteiger partial charge in [0.1, 0.15) is 11.6 Å². The Bertz CT molecular complexity index is 1340. The van der Waals surface area contributed by atoms with E-state index in [9.17, 15) is 9.59 Å². The molecule has 1 N–H and O–H groups in total. The van der Waals surface area contributed by atoms with E-state index in [4.69, 9.17) is 0 Å². The van der Waals surface area contributed by atoms with Gasteiger partial charge in [-0.1, -0.05) is 36.4 Å². The van der Waals surface area contributed by atoms with Crippen LogP contribution in [0.15, 0.2) is 73.2 Å². The van der Waals surface area contributed by atoms with E-state index in [1.807, 2.05) is 77.2 Å². The molecular weight excluding hydrogens is 426 g/mol. The van der Waals surface area contributed by atoms with Crippen LogP contribution in [-0.4, -0.2) is 44.3 Å². The van der Waals surface area contributed by atoms with Gasteiger partial charge >= 0.3 is 0 Å². The fourth-order valence-electron chi connectivity index (χ4n) is 4.61. The number of hydrogen-bond acceptors (Lipinski definition) is 4. The van der Waals surface area contributed by atoms with E-state index < -0.39 is 0 Å². The Morgan fingerprint density at radius 3 is 2.76 bits per heavy atom. The molecule has 5 rings (SSSR count). The van der Waals surface area contributed by atoms with Gasteiger partial charge < -0.3 is 10.2 Å². The standard InChI is InChI=1S/C27H27N5O2/c1-19-28-13-15-32(19)25-16-20(11-12-29-25)17-30-26(33)22-8-5-14-31(18-22)27(34)24-10-4-7-21-6-2-3-9-23(21)24/h2-4,6-7,9-13,15-16,22H,5,8,14,17-18H2,1H3,(H,30,33). The van der Waals surface area contributed by atoms with Gasteiger partial charge in [0.25, 0.3) is 5.91 Å². The van der Waals surface area contributed by atoms with Gasteiger partial charge in [0.2, 0.25) is 5.91 Å². The lowest BCUT2D eigenvalue weighted by atomic mass is 9.95. The van der Waals surface area contributed by atoms with Gasteiger partial charge in [-0.2, -0.15) is 0 Å². The summed E-state index contributed by atoms with van der Waals surface area (Å²) >= 11 is 0. The third-order valence-corrected chi connectivity index (χ3v) is 6.45. The SMILES string of the molecule is Cc1nccn1-c1cc(CNC(=O)C2CCCN(C(=O)c3cccc4ccccc34)C2)ccn1. The Morgan fingerprint density at radius 1 is 1.06 bits per heavy atom. The number of carbonyl (C=O) groups excluding carboxylic acids is 2. The molecule has 2 aromatic heterocycles. The highest BCUT2D eigenvalue weighted by molar-refractivity contribution is 6.07. The maximum atomic E-state index is 13.3. The van der Waals surface area contributed by atoms with Crippen molar-refractivity contribution in [2.24, 2.45) is 5.92 Å². The summed E-state index contributed by atoms with van der Waals surface area (Å²) in [5.74, 6) is 1.37. The summed E-state index contributed by atoms with van der Waals surface area (Å²) in [6.45, 7) is 3.44. The molecule has 1 fully saturated rings. The van der Waals surface area contributed by atoms with Crippen molar-refractivity contribution in [3.05, 3.63) is 90.1 Å². The zero-order valence-corrected chi connectivity index (χ0v) is 19.1. The number of carbonyl (C=O) groups is 2. The Kier molecular flexibility index (Phi) is 6.08. The maximum absolute atomic E-state index is 13.3. The van der Waals surface area contributed by atoms with Crippen LogP contribution in [0.2, 0.25) is 0 Å². The highest BCUT2D eigenvalue weighted by Gasteiger charge is 2.29. The summed E-state index contributed by atoms with van der Waals surface area (Å²) in [4.78, 5) is 36.8. The van der Waals surface area contributed by atoms with Crippen LogP contribution in [0, 0.1) is 12.8 Å². The van der Waals surface area contributed by atoms with Gasteiger partial charge in [0.05, 0.1) is 5.92 Å². The Hall–Kier alpha value is -4.00. The maximum Gasteiger partial charge on any atom is 0.254 e. The van der Waals surface area contributed by atoms with Crippen molar-refractivity contribution in [3.63, 3.8) is 0 Å². The second-order valence-corrected chi connectivity index (χ2v) is 8.70. The molecular formula is C27H27N5O2. The number of fused-ring (bicyclic) bond motifs is 1. The Balaban J connectivity index is 1.24. The summed E-state index contributed by atoms with van der Waals surface area (Å²) in [6.07, 6.45) is 6.93. The molecule has 4 aromatic rings. The van der Waals surface area contributed by atoms with Crippen molar-refractivity contribution in [2.45, 2.75) is 26.3 Å². The fraction of sp³-hybridized carbons (Fsp3) is 0.259. The first-order chi connectivity index (χ1) is 16.6. The number of aryl methyl sites for hydroxylation is 1. The Labute approximate surface area is 198 Å². The zero-order chi connectivity index (χ0) is 23.5. The number of piperidine rings is 1. The number of imidazole rings is 1. The molecule has 7 nitrogen and oxygen atoms in total. The number of nitrogens with one attached hydrogen (secondary N) is 1. The molecule has 2 amide bonds. The molecule has 7 heteroatoms. The smallest absolute Gasteiger partial charge is 0.254 e. The van der Waals surface area contributed by atoms with E-state index in [1.165, 1.54) is 0 Å². The summed E-state index contributed by atoms with van der Waals surface area (Å²) in [5.41, 5.74) is 1.66. The van der Waals surface area contributed by atoms with E-state index in [1.54, 1.807) is 12.4 Å². The number of benzene rings is 2. The van der Waals surface area contributed by atoms with Crippen LogP contribution < -0.4 is 5.32 Å². The van der Waals surface area contributed by atoms with Gasteiger partial charge in [-0.15, -0.1) is 0 Å². The van der Waals surface area contributed by atoms with Crippen LogP contribution in [0.25, 0.3) is 16.6 Å². The van der Waals surface area contributed by atoms with Gasteiger partial charge in [0, 0.05) is 43.8 Å². The first kappa shape index (κ1) is 21.8. The highest BCUT2D eigenvalue weighted by Crippen LogP contribution is 2.24. The van der Waals surface area contributed by atoms with Gasteiger partial charge in [-0.05, 0) is 54.3 Å². The van der Waals surface area contributed by atoms with Crippen molar-refractivity contribution in [1.29, 1.82) is 0 Å². The van der Waals surface area contributed by atoms with Crippen LogP contribution in [0.5, 0.6) is 0 Å². The average Bonchev–Trinajstić information content (AvgIpc) is 3.32. The molecule has 0 aliphatic carbocycles. The van der Waals surface area contributed by atoms with Gasteiger partial charge in [0.15, 0.2) is 0 Å². The van der Waals surface area contributed by atoms with Crippen LogP contribution >= 0.6 is 0 Å². The lowest BCUT2D eigenvalue weighted by Crippen LogP contribution is -2.45. The minimum Gasteiger partial charge on any atom is -0.352 e. The molecule has 1 saturated heterocycles. The zero-order valence-electron chi connectivity index (χ0n) is 19.1. The second-order valence-electron chi connectivity index (χ2n) is 8.70. The van der Waals surface area contributed by atoms with Gasteiger partial charge in [-0.25, -0.2) is 9.97 Å². The monoisotopic (exact) mass is 453 g/mol. The topological polar surface area (TPSA) is 80.1 Å². The van der Waals surface area contributed by atoms with Crippen molar-refractivity contribution < 1.29 is 9.59 Å². The van der Waals surface area contributed by atoms with Crippen LogP contribution in [-0.2, 0) is 11.3 Å². The van der Waals surface area contributed by atoms with Crippen LogP contribution in [0.1, 0.15) is 34.6 Å². The number of hydrogen-bond donors (Lipinski definition) is 1. The predicted molar refractivity (Wildman–Crippen MR) is 131 cm³/mol. The van der Waals surface area contributed by atoms with E-state index in [0.29, 0.717) is 25.2 Å². The van der Waals surface area contributed by atoms with Crippen LogP contribution in [0.3, 0.4) is 0 Å². The van der Waals surface area contributed by atoms with Crippen molar-refractivity contribution in [3.8, 4) is 5.82 Å². The number of amides is 2. The molecule has 172 valence electrons. The number of pyridine rings is 1. The molecule has 1 unspecified atom stereocenters. The first-order valence-corrected chi connectivity index (χ1v) is 11.6. The summed E-state index contributed by atoms with van der Waals surface area (Å²) in [7, 11) is 0. The molecule has 0 saturated carbocycles. The fourth-order valence-corrected chi connectivity index (χ4v) is 4.61. The van der Waals surface area contributed by atoms with E-state index >= 15 is 0 Å². The van der Waals surface area contributed by atoms with Gasteiger partial charge in [-0.3, -0.25) is 14.2 Å². The van der Waals surface area contributed by atoms with E-state index in [2.05, 4.69) is 15.3 Å². The van der Waals surface area contributed by atoms with E-state index in [0.717, 1.165) is 40.8 Å². The summed E-state index contributed by atoms with van der Waals surface area (Å²) in [6, 6.07) is 17.6. The lowest BCUT2D eigenvalue weighted by molar-refractivity contribution is -0.126. The molecule has 1 aliphatic rings. The van der Waals surface area contributed by atoms with Crippen molar-refractivity contribution >= 4 is 22.6 Å². The lowest BCUT2D eigenvalue weighted by Gasteiger charge is -2.32. The second kappa shape index (κ2) is 9.47. The average molecular weight is 454 g/mol. The molecule has 3 heterocycles. The molecule has 1 atom stereocenters. The molecule has 0 spiro atoms. The predicted octanol–water partition coefficient (Wildman–Crippen LogP) is 3.90. The summed E-state index contributed by atoms with van der Waals surface area (Å²) < 4.78 is 1.91. The highest BCUT2D eigenvalue weighted by atomic mass is 16.2. The number of nitrogens with zero attached hydrogens (tertiary/aromatic N) is 4. The number of rotatable bonds is 5. The molecule has 2 aromatic carbocycles. The molecule has 34 heavy (non-hydrogen) atoms. The third-order valence-electron chi connectivity index (χ3n) is 6.45. The molecule has 1 aliphatic heterocycles. The minimum absolute atomic E-state index is 0.0104. The van der Waals surface area contributed by atoms with Crippen molar-refractivity contribution in [2.75, 3.05) is 13.1 Å².